The Morgan fingerprint density at radius 3 is 2.37 bits per heavy atom. The average Bonchev–Trinajstić information content (AvgIpc) is 3.29. The van der Waals surface area contributed by atoms with E-state index in [-0.39, 0.29) is 22.0 Å². The molecule has 2 aliphatic rings. The lowest BCUT2D eigenvalue weighted by molar-refractivity contribution is -0.162. The number of thiophene rings is 1. The maximum atomic E-state index is 13.5. The predicted octanol–water partition coefficient (Wildman–Crippen LogP) is 3.40. The highest BCUT2D eigenvalue weighted by atomic mass is 32.2. The average molecular weight is 449 g/mol. The molecule has 0 N–H and O–H groups in total. The summed E-state index contributed by atoms with van der Waals surface area (Å²) in [6.45, 7) is 5.15. The number of sulfone groups is 1. The fourth-order valence-electron chi connectivity index (χ4n) is 3.57. The van der Waals surface area contributed by atoms with Crippen molar-refractivity contribution in [1.82, 2.24) is 0 Å². The monoisotopic (exact) mass is 448 g/mol. The summed E-state index contributed by atoms with van der Waals surface area (Å²) < 4.78 is 31.0. The molecule has 1 aromatic heterocycles. The molecular formula is C22H24O6S2. The van der Waals surface area contributed by atoms with E-state index in [1.165, 1.54) is 23.5 Å². The molecule has 6 nitrogen and oxygen atoms in total. The number of hydrogen-bond donors (Lipinski definition) is 0. The Balaban J connectivity index is 2.14. The molecule has 3 rings (SSSR count). The van der Waals surface area contributed by atoms with E-state index >= 15 is 0 Å². The van der Waals surface area contributed by atoms with Crippen LogP contribution in [0.5, 0.6) is 0 Å². The number of Topliss-reactive ketones (excluding diaryl/α,β-unsaturated/α-hetero) is 1. The smallest absolute Gasteiger partial charge is 0.317 e. The fraction of sp³-hybridized carbons (Fsp3) is 0.455. The zero-order valence-electron chi connectivity index (χ0n) is 17.3. The summed E-state index contributed by atoms with van der Waals surface area (Å²) in [7, 11) is -3.88. The van der Waals surface area contributed by atoms with E-state index in [0.717, 1.165) is 6.26 Å². The van der Waals surface area contributed by atoms with E-state index in [0.29, 0.717) is 17.7 Å². The molecule has 1 aromatic rings. The molecule has 2 aliphatic carbocycles. The van der Waals surface area contributed by atoms with Crippen LogP contribution in [0.3, 0.4) is 0 Å². The van der Waals surface area contributed by atoms with Gasteiger partial charge in [-0.25, -0.2) is 13.2 Å². The molecule has 1 fully saturated rings. The quantitative estimate of drug-likeness (QED) is 0.376. The van der Waals surface area contributed by atoms with Gasteiger partial charge in [0.15, 0.2) is 15.6 Å². The van der Waals surface area contributed by atoms with Crippen LogP contribution in [-0.4, -0.2) is 38.0 Å². The van der Waals surface area contributed by atoms with Crippen LogP contribution in [0.1, 0.15) is 44.4 Å². The Hall–Kier alpha value is -2.28. The first kappa shape index (κ1) is 22.4. The maximum Gasteiger partial charge on any atom is 0.317 e. The molecule has 8 heteroatoms. The minimum absolute atomic E-state index is 0.0577. The van der Waals surface area contributed by atoms with Crippen molar-refractivity contribution in [3.63, 3.8) is 0 Å². The first-order chi connectivity index (χ1) is 13.9. The van der Waals surface area contributed by atoms with Gasteiger partial charge in [0.05, 0.1) is 10.8 Å². The zero-order valence-corrected chi connectivity index (χ0v) is 18.9. The molecule has 0 saturated heterocycles. The van der Waals surface area contributed by atoms with Gasteiger partial charge in [0.2, 0.25) is 0 Å². The number of allylic oxidation sites excluding steroid dienone is 5. The normalized spacial score (nSPS) is 20.7. The predicted molar refractivity (Wildman–Crippen MR) is 114 cm³/mol. The van der Waals surface area contributed by atoms with Gasteiger partial charge in [-0.2, -0.15) is 0 Å². The molecule has 0 aromatic carbocycles. The number of hydrogen-bond acceptors (Lipinski definition) is 7. The van der Waals surface area contributed by atoms with Crippen LogP contribution >= 0.6 is 11.3 Å². The summed E-state index contributed by atoms with van der Waals surface area (Å²) in [5.74, 6) is -1.56. The van der Waals surface area contributed by atoms with E-state index < -0.39 is 39.0 Å². The van der Waals surface area contributed by atoms with Crippen LogP contribution in [0, 0.1) is 11.8 Å². The summed E-state index contributed by atoms with van der Waals surface area (Å²) in [5, 5.41) is 1.77. The molecule has 0 aliphatic heterocycles. The van der Waals surface area contributed by atoms with Crippen molar-refractivity contribution in [1.29, 1.82) is 0 Å². The third kappa shape index (κ3) is 4.72. The second-order valence-corrected chi connectivity index (χ2v) is 11.6. The fourth-order valence-corrected chi connectivity index (χ4v) is 5.75. The van der Waals surface area contributed by atoms with Crippen molar-refractivity contribution in [2.75, 3.05) is 6.26 Å². The second kappa shape index (κ2) is 8.10. The van der Waals surface area contributed by atoms with Gasteiger partial charge in [0.1, 0.15) is 17.5 Å². The molecular weight excluding hydrogens is 424 g/mol. The van der Waals surface area contributed by atoms with Gasteiger partial charge in [-0.15, -0.1) is 11.3 Å². The number of ether oxygens (including phenoxy) is 1. The number of ketones is 1. The number of carbonyl (C=O) groups excluding carboxylic acids is 3. The van der Waals surface area contributed by atoms with Crippen molar-refractivity contribution >= 4 is 38.9 Å². The van der Waals surface area contributed by atoms with Crippen LogP contribution in [0.4, 0.5) is 0 Å². The zero-order chi connectivity index (χ0) is 22.3. The minimum atomic E-state index is -3.88. The molecule has 2 unspecified atom stereocenters. The molecule has 2 atom stereocenters. The van der Waals surface area contributed by atoms with Crippen molar-refractivity contribution < 1.29 is 27.5 Å². The first-order valence-electron chi connectivity index (χ1n) is 9.62. The van der Waals surface area contributed by atoms with Gasteiger partial charge in [0, 0.05) is 22.3 Å². The van der Waals surface area contributed by atoms with Crippen LogP contribution < -0.4 is 0 Å². The van der Waals surface area contributed by atoms with Gasteiger partial charge in [-0.3, -0.25) is 9.59 Å². The Kier molecular flexibility index (Phi) is 6.05. The summed E-state index contributed by atoms with van der Waals surface area (Å²) in [4.78, 5) is 38.3. The molecule has 1 saturated carbocycles. The Morgan fingerprint density at radius 2 is 1.90 bits per heavy atom. The van der Waals surface area contributed by atoms with Crippen molar-refractivity contribution in [2.24, 2.45) is 11.8 Å². The Labute approximate surface area is 180 Å². The Morgan fingerprint density at radius 1 is 1.23 bits per heavy atom. The van der Waals surface area contributed by atoms with Gasteiger partial charge < -0.3 is 4.74 Å². The van der Waals surface area contributed by atoms with Gasteiger partial charge in [0.25, 0.3) is 0 Å². The molecule has 0 bridgehead atoms. The third-order valence-corrected chi connectivity index (χ3v) is 7.11. The molecule has 160 valence electrons. The summed E-state index contributed by atoms with van der Waals surface area (Å²) in [5.41, 5.74) is -0.694. The van der Waals surface area contributed by atoms with Crippen LogP contribution in [0.25, 0.3) is 0 Å². The van der Waals surface area contributed by atoms with Crippen molar-refractivity contribution in [3.8, 4) is 0 Å². The first-order valence-corrected chi connectivity index (χ1v) is 12.4. The second-order valence-electron chi connectivity index (χ2n) is 8.60. The largest absolute Gasteiger partial charge is 0.459 e. The SMILES string of the molecule is CC(C)(C)OC(=O)C(C(=O)C1=C(S(C)(=O)=O)C(c2cccs2)C(=C=O)C=C1)C1CC1. The molecule has 0 amide bonds. The lowest BCUT2D eigenvalue weighted by atomic mass is 9.84. The molecule has 0 spiro atoms. The highest BCUT2D eigenvalue weighted by Gasteiger charge is 2.46. The van der Waals surface area contributed by atoms with E-state index in [1.54, 1.807) is 44.2 Å². The van der Waals surface area contributed by atoms with Gasteiger partial charge >= 0.3 is 5.97 Å². The van der Waals surface area contributed by atoms with E-state index in [2.05, 4.69) is 0 Å². The Bertz CT molecular complexity index is 1070. The van der Waals surface area contributed by atoms with Crippen molar-refractivity contribution in [3.05, 3.63) is 50.6 Å². The summed E-state index contributed by atoms with van der Waals surface area (Å²) >= 11 is 1.29. The van der Waals surface area contributed by atoms with Gasteiger partial charge in [-0.1, -0.05) is 6.07 Å². The summed E-state index contributed by atoms with van der Waals surface area (Å²) in [6, 6.07) is 3.46. The highest BCUT2D eigenvalue weighted by Crippen LogP contribution is 2.45. The van der Waals surface area contributed by atoms with Gasteiger partial charge in [-0.05, 0) is 63.1 Å². The van der Waals surface area contributed by atoms with Crippen LogP contribution in [0.2, 0.25) is 0 Å². The topological polar surface area (TPSA) is 94.6 Å². The molecule has 30 heavy (non-hydrogen) atoms. The van der Waals surface area contributed by atoms with E-state index in [4.69, 9.17) is 4.74 Å². The summed E-state index contributed by atoms with van der Waals surface area (Å²) in [6.07, 6.45) is 5.15. The standard InChI is InChI=1S/C22H24O6S2/c1-22(2,3)28-21(25)18(13-7-8-13)19(24)15-10-9-14(12-23)17(16-6-5-11-29-16)20(15)30(4,26)27/h5-6,9-11,13,17-18H,7-8H2,1-4H3. The van der Waals surface area contributed by atoms with E-state index in [1.807, 2.05) is 0 Å². The van der Waals surface area contributed by atoms with Crippen molar-refractivity contribution in [2.45, 2.75) is 45.1 Å². The van der Waals surface area contributed by atoms with Crippen LogP contribution in [-0.2, 0) is 29.0 Å². The third-order valence-electron chi connectivity index (χ3n) is 4.92. The maximum absolute atomic E-state index is 13.5. The lowest BCUT2D eigenvalue weighted by Crippen LogP contribution is -2.35. The number of esters is 1. The lowest BCUT2D eigenvalue weighted by Gasteiger charge is -2.27. The number of carbonyl (C=O) groups is 2. The van der Waals surface area contributed by atoms with E-state index in [9.17, 15) is 22.8 Å². The molecule has 0 radical (unpaired) electrons. The molecule has 1 heterocycles. The number of rotatable bonds is 6. The minimum Gasteiger partial charge on any atom is -0.459 e. The highest BCUT2D eigenvalue weighted by molar-refractivity contribution is 7.94. The van der Waals surface area contributed by atoms with Crippen LogP contribution in [0.15, 0.2) is 45.7 Å².